The van der Waals surface area contributed by atoms with Crippen molar-refractivity contribution in [3.8, 4) is 5.75 Å². The van der Waals surface area contributed by atoms with E-state index in [-0.39, 0.29) is 5.56 Å². The molecule has 1 N–H and O–H groups in total. The third-order valence-electron chi connectivity index (χ3n) is 4.47. The second-order valence-electron chi connectivity index (χ2n) is 6.18. The molecule has 0 bridgehead atoms. The van der Waals surface area contributed by atoms with Crippen molar-refractivity contribution in [2.24, 2.45) is 0 Å². The van der Waals surface area contributed by atoms with E-state index >= 15 is 0 Å². The van der Waals surface area contributed by atoms with Gasteiger partial charge in [-0.05, 0) is 61.9 Å². The molecule has 5 heteroatoms. The molecule has 25 heavy (non-hydrogen) atoms. The fourth-order valence-electron chi connectivity index (χ4n) is 3.28. The minimum absolute atomic E-state index is 0.0178. The number of benzene rings is 1. The number of aromatic nitrogens is 2. The first-order valence-corrected chi connectivity index (χ1v) is 9.52. The number of hydrogen-bond acceptors (Lipinski definition) is 4. The molecular weight excluding hydrogens is 332 g/mol. The highest BCUT2D eigenvalue weighted by Crippen LogP contribution is 2.33. The van der Waals surface area contributed by atoms with Crippen molar-refractivity contribution in [1.82, 2.24) is 9.97 Å². The van der Waals surface area contributed by atoms with Gasteiger partial charge in [0.1, 0.15) is 16.4 Å². The molecule has 0 amide bonds. The summed E-state index contributed by atoms with van der Waals surface area (Å²) in [5.74, 6) is 1.46. The third kappa shape index (κ3) is 3.24. The van der Waals surface area contributed by atoms with Crippen LogP contribution in [-0.2, 0) is 12.8 Å². The molecule has 0 aliphatic heterocycles. The van der Waals surface area contributed by atoms with Crippen molar-refractivity contribution in [2.45, 2.75) is 32.6 Å². The van der Waals surface area contributed by atoms with Crippen LogP contribution >= 0.6 is 11.3 Å². The van der Waals surface area contributed by atoms with E-state index in [2.05, 4.69) is 9.97 Å². The molecule has 2 heterocycles. The van der Waals surface area contributed by atoms with Gasteiger partial charge in [0.2, 0.25) is 0 Å². The van der Waals surface area contributed by atoms with Gasteiger partial charge in [-0.1, -0.05) is 18.2 Å². The number of aromatic amines is 1. The summed E-state index contributed by atoms with van der Waals surface area (Å²) in [6, 6.07) is 7.86. The SMILES string of the molecule is CCOc1ccc(/C=C/c2nc3sc4c(c3c(=O)[nH]2)CCCC4)cc1. The lowest BCUT2D eigenvalue weighted by Crippen LogP contribution is -2.11. The topological polar surface area (TPSA) is 55.0 Å². The van der Waals surface area contributed by atoms with Gasteiger partial charge in [-0.25, -0.2) is 4.98 Å². The van der Waals surface area contributed by atoms with Crippen LogP contribution in [0.25, 0.3) is 22.4 Å². The number of aryl methyl sites for hydroxylation is 2. The Balaban J connectivity index is 1.64. The van der Waals surface area contributed by atoms with Crippen LogP contribution in [0.5, 0.6) is 5.75 Å². The number of thiophene rings is 1. The van der Waals surface area contributed by atoms with Crippen LogP contribution in [0.4, 0.5) is 0 Å². The van der Waals surface area contributed by atoms with Crippen LogP contribution in [0.15, 0.2) is 29.1 Å². The first-order chi connectivity index (χ1) is 12.2. The van der Waals surface area contributed by atoms with Crippen molar-refractivity contribution in [2.75, 3.05) is 6.61 Å². The number of H-pyrrole nitrogens is 1. The van der Waals surface area contributed by atoms with Gasteiger partial charge < -0.3 is 9.72 Å². The summed E-state index contributed by atoms with van der Waals surface area (Å²) in [5, 5.41) is 0.804. The van der Waals surface area contributed by atoms with Crippen LogP contribution < -0.4 is 10.3 Å². The number of nitrogens with zero attached hydrogens (tertiary/aromatic N) is 1. The maximum Gasteiger partial charge on any atom is 0.260 e. The summed E-state index contributed by atoms with van der Waals surface area (Å²) in [5.41, 5.74) is 2.24. The van der Waals surface area contributed by atoms with Crippen molar-refractivity contribution in [3.05, 3.63) is 56.4 Å². The Morgan fingerprint density at radius 3 is 2.80 bits per heavy atom. The van der Waals surface area contributed by atoms with Crippen molar-refractivity contribution in [3.63, 3.8) is 0 Å². The number of ether oxygens (including phenoxy) is 1. The van der Waals surface area contributed by atoms with Crippen LogP contribution in [0, 0.1) is 0 Å². The van der Waals surface area contributed by atoms with Crippen molar-refractivity contribution >= 4 is 33.7 Å². The van der Waals surface area contributed by atoms with Crippen molar-refractivity contribution < 1.29 is 4.74 Å². The lowest BCUT2D eigenvalue weighted by Gasteiger charge is -2.09. The molecule has 0 radical (unpaired) electrons. The Kier molecular flexibility index (Phi) is 4.40. The Labute approximate surface area is 150 Å². The Hall–Kier alpha value is -2.40. The summed E-state index contributed by atoms with van der Waals surface area (Å²) < 4.78 is 5.44. The number of rotatable bonds is 4. The fourth-order valence-corrected chi connectivity index (χ4v) is 4.55. The smallest absolute Gasteiger partial charge is 0.260 e. The van der Waals surface area contributed by atoms with E-state index in [9.17, 15) is 4.79 Å². The van der Waals surface area contributed by atoms with Gasteiger partial charge in [0.25, 0.3) is 5.56 Å². The molecule has 3 aromatic rings. The van der Waals surface area contributed by atoms with Gasteiger partial charge in [-0.2, -0.15) is 0 Å². The molecule has 4 nitrogen and oxygen atoms in total. The summed E-state index contributed by atoms with van der Waals surface area (Å²) in [7, 11) is 0. The third-order valence-corrected chi connectivity index (χ3v) is 5.65. The highest BCUT2D eigenvalue weighted by molar-refractivity contribution is 7.18. The highest BCUT2D eigenvalue weighted by Gasteiger charge is 2.19. The van der Waals surface area contributed by atoms with Gasteiger partial charge in [0.05, 0.1) is 12.0 Å². The summed E-state index contributed by atoms with van der Waals surface area (Å²) in [6.45, 7) is 2.62. The van der Waals surface area contributed by atoms with E-state index in [4.69, 9.17) is 4.74 Å². The van der Waals surface area contributed by atoms with Gasteiger partial charge in [0, 0.05) is 4.88 Å². The molecule has 0 fully saturated rings. The van der Waals surface area contributed by atoms with E-state index in [0.29, 0.717) is 12.4 Å². The van der Waals surface area contributed by atoms with Crippen LogP contribution in [0.3, 0.4) is 0 Å². The maximum atomic E-state index is 12.5. The normalized spacial score (nSPS) is 14.1. The second-order valence-corrected chi connectivity index (χ2v) is 7.26. The average molecular weight is 352 g/mol. The molecule has 1 aliphatic rings. The molecule has 0 saturated heterocycles. The minimum Gasteiger partial charge on any atom is -0.494 e. The number of nitrogens with one attached hydrogen (secondary N) is 1. The lowest BCUT2D eigenvalue weighted by atomic mass is 9.97. The Morgan fingerprint density at radius 2 is 2.00 bits per heavy atom. The van der Waals surface area contributed by atoms with E-state index in [1.54, 1.807) is 11.3 Å². The molecule has 0 saturated carbocycles. The van der Waals surface area contributed by atoms with Gasteiger partial charge in [-0.15, -0.1) is 11.3 Å². The predicted octanol–water partition coefficient (Wildman–Crippen LogP) is 4.43. The van der Waals surface area contributed by atoms with Gasteiger partial charge in [-0.3, -0.25) is 4.79 Å². The molecule has 4 rings (SSSR count). The monoisotopic (exact) mass is 352 g/mol. The van der Waals surface area contributed by atoms with Crippen LogP contribution in [0.1, 0.15) is 41.6 Å². The zero-order valence-electron chi connectivity index (χ0n) is 14.2. The largest absolute Gasteiger partial charge is 0.494 e. The molecule has 0 atom stereocenters. The Morgan fingerprint density at radius 1 is 1.20 bits per heavy atom. The molecule has 1 aromatic carbocycles. The molecule has 1 aliphatic carbocycles. The molecule has 0 spiro atoms. The lowest BCUT2D eigenvalue weighted by molar-refractivity contribution is 0.340. The first-order valence-electron chi connectivity index (χ1n) is 8.70. The molecular formula is C20H20N2O2S. The van der Waals surface area contributed by atoms with Gasteiger partial charge >= 0.3 is 0 Å². The molecule has 2 aromatic heterocycles. The molecule has 128 valence electrons. The predicted molar refractivity (Wildman–Crippen MR) is 103 cm³/mol. The van der Waals surface area contributed by atoms with Gasteiger partial charge in [0.15, 0.2) is 0 Å². The van der Waals surface area contributed by atoms with E-state index in [1.807, 2.05) is 43.3 Å². The zero-order chi connectivity index (χ0) is 17.2. The quantitative estimate of drug-likeness (QED) is 0.755. The summed E-state index contributed by atoms with van der Waals surface area (Å²) in [4.78, 5) is 22.3. The zero-order valence-corrected chi connectivity index (χ0v) is 15.0. The fraction of sp³-hybridized carbons (Fsp3) is 0.300. The van der Waals surface area contributed by atoms with Crippen molar-refractivity contribution in [1.29, 1.82) is 0 Å². The standard InChI is InChI=1S/C20H20N2O2S/c1-2-24-14-10-7-13(8-11-14)9-12-17-21-19(23)18-15-5-3-4-6-16(15)25-20(18)22-17/h7-12H,2-6H2,1H3,(H,21,22,23)/b12-9+. The summed E-state index contributed by atoms with van der Waals surface area (Å²) in [6.07, 6.45) is 8.26. The Bertz CT molecular complexity index is 983. The second kappa shape index (κ2) is 6.84. The molecule has 0 unspecified atom stereocenters. The van der Waals surface area contributed by atoms with E-state index in [1.165, 1.54) is 16.9 Å². The average Bonchev–Trinajstić information content (AvgIpc) is 3.00. The number of fused-ring (bicyclic) bond motifs is 3. The number of hydrogen-bond donors (Lipinski definition) is 1. The first kappa shape index (κ1) is 16.1. The highest BCUT2D eigenvalue weighted by atomic mass is 32.1. The van der Waals surface area contributed by atoms with Crippen LogP contribution in [0.2, 0.25) is 0 Å². The maximum absolute atomic E-state index is 12.5. The van der Waals surface area contributed by atoms with E-state index < -0.39 is 0 Å². The minimum atomic E-state index is -0.0178. The van der Waals surface area contributed by atoms with E-state index in [0.717, 1.165) is 40.8 Å². The van der Waals surface area contributed by atoms with Crippen LogP contribution in [-0.4, -0.2) is 16.6 Å². The summed E-state index contributed by atoms with van der Waals surface area (Å²) >= 11 is 1.68.